The molecule has 0 unspecified atom stereocenters. The van der Waals surface area contributed by atoms with E-state index in [1.54, 1.807) is 25.1 Å². The molecule has 0 atom stereocenters. The normalized spacial score (nSPS) is 11.6. The standard InChI is InChI=1S/C14H14O3S/c1-2-13(15)10-18(16,17)14-8-7-11-5-3-4-6-12(11)9-14/h3-9H,2,10H2,1H3. The topological polar surface area (TPSA) is 51.2 Å². The van der Waals surface area contributed by atoms with Crippen LogP contribution >= 0.6 is 0 Å². The molecule has 0 aliphatic carbocycles. The minimum Gasteiger partial charge on any atom is -0.299 e. The summed E-state index contributed by atoms with van der Waals surface area (Å²) in [5.41, 5.74) is 0. The Kier molecular flexibility index (Phi) is 3.48. The molecule has 0 saturated heterocycles. The maximum atomic E-state index is 12.0. The van der Waals surface area contributed by atoms with Gasteiger partial charge in [-0.2, -0.15) is 0 Å². The van der Waals surface area contributed by atoms with Crippen molar-refractivity contribution in [3.63, 3.8) is 0 Å². The smallest absolute Gasteiger partial charge is 0.185 e. The molecule has 0 bridgehead atoms. The van der Waals surface area contributed by atoms with E-state index in [0.717, 1.165) is 10.8 Å². The number of sulfone groups is 1. The zero-order chi connectivity index (χ0) is 13.2. The summed E-state index contributed by atoms with van der Waals surface area (Å²) in [7, 11) is -3.51. The van der Waals surface area contributed by atoms with Gasteiger partial charge in [-0.05, 0) is 22.9 Å². The molecule has 0 aromatic heterocycles. The van der Waals surface area contributed by atoms with E-state index in [1.165, 1.54) is 0 Å². The number of fused-ring (bicyclic) bond motifs is 1. The molecular formula is C14H14O3S. The fraction of sp³-hybridized carbons (Fsp3) is 0.214. The highest BCUT2D eigenvalue weighted by Crippen LogP contribution is 2.20. The Hall–Kier alpha value is -1.68. The minimum absolute atomic E-state index is 0.211. The molecule has 0 saturated carbocycles. The third-order valence-corrected chi connectivity index (χ3v) is 4.50. The van der Waals surface area contributed by atoms with E-state index in [9.17, 15) is 13.2 Å². The lowest BCUT2D eigenvalue weighted by molar-refractivity contribution is -0.116. The molecule has 0 heterocycles. The molecule has 0 spiro atoms. The molecule has 0 amide bonds. The van der Waals surface area contributed by atoms with Crippen LogP contribution < -0.4 is 0 Å². The van der Waals surface area contributed by atoms with Crippen molar-refractivity contribution in [2.45, 2.75) is 18.2 Å². The number of rotatable bonds is 4. The first-order valence-corrected chi connectivity index (χ1v) is 7.41. The van der Waals surface area contributed by atoms with Gasteiger partial charge in [0.2, 0.25) is 0 Å². The monoisotopic (exact) mass is 262 g/mol. The Labute approximate surface area is 106 Å². The molecule has 0 aliphatic heterocycles. The van der Waals surface area contributed by atoms with Crippen LogP contribution in [0.25, 0.3) is 10.8 Å². The number of hydrogen-bond acceptors (Lipinski definition) is 3. The van der Waals surface area contributed by atoms with Gasteiger partial charge < -0.3 is 0 Å². The van der Waals surface area contributed by atoms with Crippen molar-refractivity contribution in [2.24, 2.45) is 0 Å². The summed E-state index contributed by atoms with van der Waals surface area (Å²) in [6, 6.07) is 12.5. The van der Waals surface area contributed by atoms with Crippen LogP contribution in [0.4, 0.5) is 0 Å². The van der Waals surface area contributed by atoms with Gasteiger partial charge in [0.15, 0.2) is 9.84 Å². The highest BCUT2D eigenvalue weighted by atomic mass is 32.2. The van der Waals surface area contributed by atoms with Gasteiger partial charge in [0.25, 0.3) is 0 Å². The quantitative estimate of drug-likeness (QED) is 0.851. The predicted octanol–water partition coefficient (Wildman–Crippen LogP) is 2.59. The fourth-order valence-corrected chi connectivity index (χ4v) is 3.13. The van der Waals surface area contributed by atoms with E-state index in [-0.39, 0.29) is 17.1 Å². The van der Waals surface area contributed by atoms with E-state index in [4.69, 9.17) is 0 Å². The lowest BCUT2D eigenvalue weighted by Crippen LogP contribution is -2.15. The summed E-state index contributed by atoms with van der Waals surface area (Å²) >= 11 is 0. The molecule has 3 nitrogen and oxygen atoms in total. The summed E-state index contributed by atoms with van der Waals surface area (Å²) in [6.07, 6.45) is 0.243. The van der Waals surface area contributed by atoms with Crippen molar-refractivity contribution < 1.29 is 13.2 Å². The third kappa shape index (κ3) is 2.59. The van der Waals surface area contributed by atoms with Crippen molar-refractivity contribution in [3.8, 4) is 0 Å². The lowest BCUT2D eigenvalue weighted by Gasteiger charge is -2.04. The van der Waals surface area contributed by atoms with E-state index < -0.39 is 15.6 Å². The number of hydrogen-bond donors (Lipinski definition) is 0. The predicted molar refractivity (Wildman–Crippen MR) is 71.3 cm³/mol. The molecule has 4 heteroatoms. The zero-order valence-corrected chi connectivity index (χ0v) is 10.9. The van der Waals surface area contributed by atoms with Gasteiger partial charge in [0.05, 0.1) is 4.90 Å². The third-order valence-electron chi connectivity index (χ3n) is 2.83. The maximum Gasteiger partial charge on any atom is 0.185 e. The van der Waals surface area contributed by atoms with E-state index in [2.05, 4.69) is 0 Å². The second kappa shape index (κ2) is 4.90. The molecule has 0 N–H and O–H groups in total. The second-order valence-electron chi connectivity index (χ2n) is 4.16. The van der Waals surface area contributed by atoms with Gasteiger partial charge in [-0.15, -0.1) is 0 Å². The van der Waals surface area contributed by atoms with Crippen molar-refractivity contribution >= 4 is 26.4 Å². The largest absolute Gasteiger partial charge is 0.299 e. The molecule has 94 valence electrons. The molecule has 18 heavy (non-hydrogen) atoms. The molecule has 2 aromatic carbocycles. The van der Waals surface area contributed by atoms with Gasteiger partial charge in [0.1, 0.15) is 11.5 Å². The van der Waals surface area contributed by atoms with Crippen molar-refractivity contribution in [1.29, 1.82) is 0 Å². The zero-order valence-electron chi connectivity index (χ0n) is 10.1. The number of carbonyl (C=O) groups is 1. The summed E-state index contributed by atoms with van der Waals surface area (Å²) in [6.45, 7) is 1.66. The van der Waals surface area contributed by atoms with Crippen LogP contribution in [0.15, 0.2) is 47.4 Å². The minimum atomic E-state index is -3.51. The highest BCUT2D eigenvalue weighted by Gasteiger charge is 2.18. The molecule has 0 fully saturated rings. The van der Waals surface area contributed by atoms with Gasteiger partial charge in [-0.3, -0.25) is 4.79 Å². The average molecular weight is 262 g/mol. The van der Waals surface area contributed by atoms with E-state index >= 15 is 0 Å². The van der Waals surface area contributed by atoms with Crippen molar-refractivity contribution in [2.75, 3.05) is 5.75 Å². The first kappa shape index (κ1) is 12.8. The van der Waals surface area contributed by atoms with Gasteiger partial charge >= 0.3 is 0 Å². The maximum absolute atomic E-state index is 12.0. The summed E-state index contributed by atoms with van der Waals surface area (Å²) in [4.78, 5) is 11.5. The van der Waals surface area contributed by atoms with Gasteiger partial charge in [-0.1, -0.05) is 37.3 Å². The summed E-state index contributed by atoms with van der Waals surface area (Å²) in [5, 5.41) is 1.85. The van der Waals surface area contributed by atoms with Crippen LogP contribution in [0.1, 0.15) is 13.3 Å². The molecule has 2 rings (SSSR count). The number of carbonyl (C=O) groups excluding carboxylic acids is 1. The first-order chi connectivity index (χ1) is 8.53. The SMILES string of the molecule is CCC(=O)CS(=O)(=O)c1ccc2ccccc2c1. The number of ketones is 1. The number of Topliss-reactive ketones (excluding diaryl/α,β-unsaturated/α-hetero) is 1. The van der Waals surface area contributed by atoms with Crippen LogP contribution in [0.5, 0.6) is 0 Å². The Bertz CT molecular complexity index is 687. The Morgan fingerprint density at radius 1 is 1.06 bits per heavy atom. The number of benzene rings is 2. The average Bonchev–Trinajstić information content (AvgIpc) is 2.37. The van der Waals surface area contributed by atoms with Crippen molar-refractivity contribution in [1.82, 2.24) is 0 Å². The van der Waals surface area contributed by atoms with Crippen LogP contribution in [-0.2, 0) is 14.6 Å². The summed E-state index contributed by atoms with van der Waals surface area (Å²) in [5.74, 6) is -0.676. The molecule has 0 radical (unpaired) electrons. The van der Waals surface area contributed by atoms with Crippen LogP contribution in [0.3, 0.4) is 0 Å². The Morgan fingerprint density at radius 3 is 2.39 bits per heavy atom. The van der Waals surface area contributed by atoms with Crippen LogP contribution in [-0.4, -0.2) is 20.0 Å². The van der Waals surface area contributed by atoms with E-state index in [1.807, 2.05) is 24.3 Å². The Balaban J connectivity index is 2.45. The van der Waals surface area contributed by atoms with Gasteiger partial charge in [0, 0.05) is 6.42 Å². The fourth-order valence-electron chi connectivity index (χ4n) is 1.76. The van der Waals surface area contributed by atoms with Crippen molar-refractivity contribution in [3.05, 3.63) is 42.5 Å². The van der Waals surface area contributed by atoms with Crippen LogP contribution in [0, 0.1) is 0 Å². The van der Waals surface area contributed by atoms with Crippen LogP contribution in [0.2, 0.25) is 0 Å². The molecule has 2 aromatic rings. The van der Waals surface area contributed by atoms with Gasteiger partial charge in [-0.25, -0.2) is 8.42 Å². The lowest BCUT2D eigenvalue weighted by atomic mass is 10.1. The molecular weight excluding hydrogens is 248 g/mol. The summed E-state index contributed by atoms with van der Waals surface area (Å²) < 4.78 is 24.0. The first-order valence-electron chi connectivity index (χ1n) is 5.76. The molecule has 0 aliphatic rings. The second-order valence-corrected chi connectivity index (χ2v) is 6.15. The highest BCUT2D eigenvalue weighted by molar-refractivity contribution is 7.92. The van der Waals surface area contributed by atoms with E-state index in [0.29, 0.717) is 0 Å². The Morgan fingerprint density at radius 2 is 1.72 bits per heavy atom.